The topological polar surface area (TPSA) is 50.7 Å². The van der Waals surface area contributed by atoms with Gasteiger partial charge >= 0.3 is 5.69 Å². The van der Waals surface area contributed by atoms with Crippen LogP contribution in [0, 0.1) is 11.3 Å². The molecule has 0 radical (unpaired) electrons. The summed E-state index contributed by atoms with van der Waals surface area (Å²) in [4.78, 5) is 11.6. The Bertz CT molecular complexity index is 392. The zero-order valence-corrected chi connectivity index (χ0v) is 7.31. The number of aromatic nitrogens is 2. The summed E-state index contributed by atoms with van der Waals surface area (Å²) in [6.07, 6.45) is 6.20. The van der Waals surface area contributed by atoms with Crippen LogP contribution in [0.15, 0.2) is 17.2 Å². The summed E-state index contributed by atoms with van der Waals surface area (Å²) >= 11 is 0. The fourth-order valence-electron chi connectivity index (χ4n) is 1.40. The van der Waals surface area contributed by atoms with Crippen LogP contribution in [0.5, 0.6) is 0 Å². The van der Waals surface area contributed by atoms with Crippen molar-refractivity contribution in [3.05, 3.63) is 22.9 Å². The van der Waals surface area contributed by atoms with Crippen molar-refractivity contribution in [3.8, 4) is 6.07 Å². The molecule has 1 aliphatic rings. The summed E-state index contributed by atoms with van der Waals surface area (Å²) in [7, 11) is 0. The highest BCUT2D eigenvalue weighted by Gasteiger charge is 2.25. The van der Waals surface area contributed by atoms with Gasteiger partial charge in [-0.15, -0.1) is 0 Å². The molecule has 4 heteroatoms. The van der Waals surface area contributed by atoms with E-state index < -0.39 is 0 Å². The molecule has 0 aliphatic heterocycles. The maximum Gasteiger partial charge on any atom is 0.328 e. The minimum atomic E-state index is 0.0257. The Morgan fingerprint density at radius 1 is 1.54 bits per heavy atom. The van der Waals surface area contributed by atoms with Gasteiger partial charge in [-0.2, -0.15) is 5.26 Å². The molecule has 0 spiro atoms. The Labute approximate surface area is 76.0 Å². The fourth-order valence-corrected chi connectivity index (χ4v) is 1.40. The van der Waals surface area contributed by atoms with Crippen LogP contribution in [0.1, 0.15) is 25.3 Å². The number of aryl methyl sites for hydroxylation is 1. The normalized spacial score (nSPS) is 15.6. The number of nitriles is 1. The summed E-state index contributed by atoms with van der Waals surface area (Å²) < 4.78 is 3.36. The lowest BCUT2D eigenvalue weighted by Crippen LogP contribution is -2.23. The van der Waals surface area contributed by atoms with Crippen LogP contribution < -0.4 is 5.69 Å². The molecule has 1 fully saturated rings. The molecule has 4 nitrogen and oxygen atoms in total. The van der Waals surface area contributed by atoms with Crippen LogP contribution in [-0.2, 0) is 6.54 Å². The molecular weight excluding hydrogens is 166 g/mol. The van der Waals surface area contributed by atoms with Gasteiger partial charge < -0.3 is 0 Å². The van der Waals surface area contributed by atoms with Crippen molar-refractivity contribution < 1.29 is 0 Å². The summed E-state index contributed by atoms with van der Waals surface area (Å²) in [5.41, 5.74) is 0.0257. The average Bonchev–Trinajstić information content (AvgIpc) is 2.89. The van der Waals surface area contributed by atoms with Crippen LogP contribution >= 0.6 is 0 Å². The van der Waals surface area contributed by atoms with Crippen molar-refractivity contribution in [3.63, 3.8) is 0 Å². The Morgan fingerprint density at radius 3 is 2.92 bits per heavy atom. The lowest BCUT2D eigenvalue weighted by molar-refractivity contribution is 0.627. The van der Waals surface area contributed by atoms with Gasteiger partial charge in [-0.1, -0.05) is 0 Å². The molecule has 1 saturated carbocycles. The van der Waals surface area contributed by atoms with Crippen molar-refractivity contribution in [2.24, 2.45) is 0 Å². The summed E-state index contributed by atoms with van der Waals surface area (Å²) in [6.45, 7) is 0.509. The maximum absolute atomic E-state index is 11.6. The van der Waals surface area contributed by atoms with Gasteiger partial charge in [-0.3, -0.25) is 9.13 Å². The highest BCUT2D eigenvalue weighted by molar-refractivity contribution is 4.91. The molecule has 1 heterocycles. The van der Waals surface area contributed by atoms with E-state index in [1.54, 1.807) is 15.3 Å². The van der Waals surface area contributed by atoms with Crippen molar-refractivity contribution >= 4 is 0 Å². The highest BCUT2D eigenvalue weighted by atomic mass is 16.1. The highest BCUT2D eigenvalue weighted by Crippen LogP contribution is 2.33. The Balaban J connectivity index is 2.19. The fraction of sp³-hybridized carbons (Fsp3) is 0.556. The second-order valence-corrected chi connectivity index (χ2v) is 3.32. The first kappa shape index (κ1) is 8.11. The smallest absolute Gasteiger partial charge is 0.298 e. The third kappa shape index (κ3) is 1.50. The molecule has 13 heavy (non-hydrogen) atoms. The molecule has 0 N–H and O–H groups in total. The third-order valence-electron chi connectivity index (χ3n) is 2.28. The molecule has 0 unspecified atom stereocenters. The van der Waals surface area contributed by atoms with Crippen molar-refractivity contribution in [2.45, 2.75) is 31.8 Å². The number of imidazole rings is 1. The van der Waals surface area contributed by atoms with Gasteiger partial charge in [-0.05, 0) is 12.8 Å². The first-order valence-corrected chi connectivity index (χ1v) is 4.47. The van der Waals surface area contributed by atoms with E-state index in [0.717, 1.165) is 12.8 Å². The first-order valence-electron chi connectivity index (χ1n) is 4.47. The van der Waals surface area contributed by atoms with Crippen molar-refractivity contribution in [1.82, 2.24) is 9.13 Å². The summed E-state index contributed by atoms with van der Waals surface area (Å²) in [5.74, 6) is 0. The number of hydrogen-bond acceptors (Lipinski definition) is 2. The van der Waals surface area contributed by atoms with Crippen LogP contribution in [0.4, 0.5) is 0 Å². The lowest BCUT2D eigenvalue weighted by Gasteiger charge is -1.96. The summed E-state index contributed by atoms with van der Waals surface area (Å²) in [5, 5.41) is 8.37. The number of hydrogen-bond donors (Lipinski definition) is 0. The molecule has 0 bridgehead atoms. The van der Waals surface area contributed by atoms with Crippen molar-refractivity contribution in [1.29, 1.82) is 5.26 Å². The molecule has 0 atom stereocenters. The Hall–Kier alpha value is -1.50. The van der Waals surface area contributed by atoms with Crippen molar-refractivity contribution in [2.75, 3.05) is 0 Å². The van der Waals surface area contributed by atoms with Gasteiger partial charge in [0.25, 0.3) is 0 Å². The van der Waals surface area contributed by atoms with Gasteiger partial charge in [0.15, 0.2) is 0 Å². The first-order chi connectivity index (χ1) is 6.33. The zero-order chi connectivity index (χ0) is 9.26. The minimum Gasteiger partial charge on any atom is -0.298 e. The van der Waals surface area contributed by atoms with E-state index in [9.17, 15) is 4.79 Å². The molecule has 1 aromatic heterocycles. The van der Waals surface area contributed by atoms with Gasteiger partial charge in [0.1, 0.15) is 0 Å². The molecular formula is C9H11N3O. The predicted molar refractivity (Wildman–Crippen MR) is 47.2 cm³/mol. The van der Waals surface area contributed by atoms with Crippen LogP contribution in [-0.4, -0.2) is 9.13 Å². The standard InChI is InChI=1S/C9H11N3O/c10-4-1-5-11-6-7-12(9(11)13)8-2-3-8/h6-8H,1-3,5H2. The van der Waals surface area contributed by atoms with E-state index in [4.69, 9.17) is 5.26 Å². The van der Waals surface area contributed by atoms with Gasteiger partial charge in [0, 0.05) is 25.0 Å². The largest absolute Gasteiger partial charge is 0.328 e. The number of nitrogens with zero attached hydrogens (tertiary/aromatic N) is 3. The van der Waals surface area contributed by atoms with E-state index >= 15 is 0 Å². The molecule has 2 rings (SSSR count). The van der Waals surface area contributed by atoms with E-state index in [1.807, 2.05) is 12.3 Å². The molecule has 68 valence electrons. The molecule has 1 aromatic rings. The van der Waals surface area contributed by atoms with Gasteiger partial charge in [-0.25, -0.2) is 4.79 Å². The van der Waals surface area contributed by atoms with E-state index in [1.165, 1.54) is 0 Å². The molecule has 1 aliphatic carbocycles. The van der Waals surface area contributed by atoms with E-state index in [2.05, 4.69) is 0 Å². The second-order valence-electron chi connectivity index (χ2n) is 3.32. The third-order valence-corrected chi connectivity index (χ3v) is 2.28. The Morgan fingerprint density at radius 2 is 2.31 bits per heavy atom. The Kier molecular flexibility index (Phi) is 1.93. The lowest BCUT2D eigenvalue weighted by atomic mass is 10.5. The monoisotopic (exact) mass is 177 g/mol. The quantitative estimate of drug-likeness (QED) is 0.688. The predicted octanol–water partition coefficient (Wildman–Crippen LogP) is 0.898. The maximum atomic E-state index is 11.6. The molecule has 0 saturated heterocycles. The molecule has 0 aromatic carbocycles. The van der Waals surface area contributed by atoms with Crippen LogP contribution in [0.2, 0.25) is 0 Å². The second kappa shape index (κ2) is 3.09. The van der Waals surface area contributed by atoms with E-state index in [-0.39, 0.29) is 5.69 Å². The molecule has 0 amide bonds. The zero-order valence-electron chi connectivity index (χ0n) is 7.31. The average molecular weight is 177 g/mol. The van der Waals surface area contributed by atoms with Crippen LogP contribution in [0.25, 0.3) is 0 Å². The summed E-state index contributed by atoms with van der Waals surface area (Å²) in [6, 6.07) is 2.46. The number of rotatable bonds is 3. The van der Waals surface area contributed by atoms with Gasteiger partial charge in [0.2, 0.25) is 0 Å². The van der Waals surface area contributed by atoms with Gasteiger partial charge in [0.05, 0.1) is 12.5 Å². The SMILES string of the molecule is N#CCCn1ccn(C2CC2)c1=O. The van der Waals surface area contributed by atoms with E-state index in [0.29, 0.717) is 19.0 Å². The van der Waals surface area contributed by atoms with Crippen LogP contribution in [0.3, 0.4) is 0 Å². The minimum absolute atomic E-state index is 0.0257.